The minimum Gasteiger partial charge on any atom is -0.471 e. The van der Waals surface area contributed by atoms with Crippen LogP contribution >= 0.6 is 11.6 Å². The first-order chi connectivity index (χ1) is 19.4. The molecule has 0 bridgehead atoms. The van der Waals surface area contributed by atoms with Gasteiger partial charge in [0.2, 0.25) is 5.75 Å². The summed E-state index contributed by atoms with van der Waals surface area (Å²) < 4.78 is 51.6. The second-order valence-electron chi connectivity index (χ2n) is 8.51. The van der Waals surface area contributed by atoms with Gasteiger partial charge in [-0.25, -0.2) is 9.78 Å². The number of fused-ring (bicyclic) bond motifs is 1. The quantitative estimate of drug-likeness (QED) is 0.109. The SMILES string of the molecule is CCOC(=O)[C@@H](C)Oc1c(C=Nn2c(-c3cccc(C(F)(F)F)c3)nc3ccccc3c2=O)cc(Cl)cc1[N+](=O)[O-]. The third-order valence-electron chi connectivity index (χ3n) is 5.69. The average molecular weight is 589 g/mol. The lowest BCUT2D eigenvalue weighted by Crippen LogP contribution is -2.27. The zero-order valence-electron chi connectivity index (χ0n) is 21.4. The van der Waals surface area contributed by atoms with Gasteiger partial charge in [0.05, 0.1) is 34.2 Å². The second-order valence-corrected chi connectivity index (χ2v) is 8.94. The molecule has 41 heavy (non-hydrogen) atoms. The predicted octanol–water partition coefficient (Wildman–Crippen LogP) is 5.86. The van der Waals surface area contributed by atoms with Gasteiger partial charge in [0, 0.05) is 22.2 Å². The zero-order valence-corrected chi connectivity index (χ0v) is 22.1. The monoisotopic (exact) mass is 588 g/mol. The van der Waals surface area contributed by atoms with Crippen LogP contribution in [0.4, 0.5) is 18.9 Å². The van der Waals surface area contributed by atoms with E-state index in [0.717, 1.165) is 35.2 Å². The van der Waals surface area contributed by atoms with Crippen LogP contribution in [0.3, 0.4) is 0 Å². The van der Waals surface area contributed by atoms with Gasteiger partial charge in [-0.15, -0.1) is 0 Å². The fraction of sp³-hybridized carbons (Fsp3) is 0.185. The van der Waals surface area contributed by atoms with Crippen molar-refractivity contribution >= 4 is 40.4 Å². The Morgan fingerprint density at radius 3 is 2.61 bits per heavy atom. The van der Waals surface area contributed by atoms with Crippen LogP contribution in [0.1, 0.15) is 25.0 Å². The predicted molar refractivity (Wildman–Crippen MR) is 144 cm³/mol. The normalized spacial score (nSPS) is 12.4. The van der Waals surface area contributed by atoms with Crippen molar-refractivity contribution < 1.29 is 32.4 Å². The highest BCUT2D eigenvalue weighted by Crippen LogP contribution is 2.35. The molecule has 0 aliphatic rings. The number of halogens is 4. The largest absolute Gasteiger partial charge is 0.471 e. The molecule has 0 saturated heterocycles. The first kappa shape index (κ1) is 29.2. The Balaban J connectivity index is 1.93. The number of aromatic nitrogens is 2. The van der Waals surface area contributed by atoms with E-state index >= 15 is 0 Å². The summed E-state index contributed by atoms with van der Waals surface area (Å²) in [4.78, 5) is 41.0. The number of nitro groups is 1. The maximum atomic E-state index is 13.5. The maximum absolute atomic E-state index is 13.5. The zero-order chi connectivity index (χ0) is 29.9. The molecule has 0 aliphatic carbocycles. The number of carbonyl (C=O) groups excluding carboxylic acids is 1. The summed E-state index contributed by atoms with van der Waals surface area (Å²) in [5, 5.41) is 16.0. The molecular formula is C27H20ClF3N4O6. The number of hydrogen-bond acceptors (Lipinski definition) is 8. The van der Waals surface area contributed by atoms with E-state index in [0.29, 0.717) is 0 Å². The molecule has 3 aromatic carbocycles. The summed E-state index contributed by atoms with van der Waals surface area (Å²) in [6, 6.07) is 12.6. The number of para-hydroxylation sites is 1. The van der Waals surface area contributed by atoms with Crippen molar-refractivity contribution in [3.63, 3.8) is 0 Å². The molecule has 212 valence electrons. The number of nitro benzene ring substituents is 1. The fourth-order valence-electron chi connectivity index (χ4n) is 3.82. The Morgan fingerprint density at radius 1 is 1.20 bits per heavy atom. The van der Waals surface area contributed by atoms with E-state index in [2.05, 4.69) is 10.1 Å². The van der Waals surface area contributed by atoms with Crippen molar-refractivity contribution in [2.24, 2.45) is 5.10 Å². The Labute approximate surface area is 234 Å². The summed E-state index contributed by atoms with van der Waals surface area (Å²) in [6.07, 6.45) is -4.93. The minimum absolute atomic E-state index is 0.0414. The van der Waals surface area contributed by atoms with Gasteiger partial charge < -0.3 is 9.47 Å². The van der Waals surface area contributed by atoms with E-state index in [1.807, 2.05) is 0 Å². The Morgan fingerprint density at radius 2 is 1.93 bits per heavy atom. The van der Waals surface area contributed by atoms with Crippen LogP contribution in [0.5, 0.6) is 5.75 Å². The third kappa shape index (κ3) is 6.35. The molecule has 1 aromatic heterocycles. The third-order valence-corrected chi connectivity index (χ3v) is 5.91. The molecule has 0 aliphatic heterocycles. The number of esters is 1. The van der Waals surface area contributed by atoms with Crippen LogP contribution in [0.15, 0.2) is 70.6 Å². The highest BCUT2D eigenvalue weighted by atomic mass is 35.5. The summed E-state index contributed by atoms with van der Waals surface area (Å²) in [7, 11) is 0. The van der Waals surface area contributed by atoms with Gasteiger partial charge in [-0.2, -0.15) is 22.9 Å². The van der Waals surface area contributed by atoms with Crippen LogP contribution in [0.25, 0.3) is 22.3 Å². The smallest absolute Gasteiger partial charge is 0.416 e. The van der Waals surface area contributed by atoms with Crippen LogP contribution in [0.2, 0.25) is 5.02 Å². The van der Waals surface area contributed by atoms with E-state index < -0.39 is 45.7 Å². The number of nitrogens with zero attached hydrogens (tertiary/aromatic N) is 4. The maximum Gasteiger partial charge on any atom is 0.416 e. The number of rotatable bonds is 8. The molecule has 0 radical (unpaired) electrons. The lowest BCUT2D eigenvalue weighted by atomic mass is 10.1. The number of benzene rings is 3. The van der Waals surface area contributed by atoms with E-state index in [1.54, 1.807) is 19.1 Å². The molecule has 4 aromatic rings. The molecule has 1 heterocycles. The van der Waals surface area contributed by atoms with Crippen LogP contribution in [-0.2, 0) is 15.7 Å². The Bertz CT molecular complexity index is 1740. The van der Waals surface area contributed by atoms with Gasteiger partial charge in [0.1, 0.15) is 0 Å². The first-order valence-corrected chi connectivity index (χ1v) is 12.3. The van der Waals surface area contributed by atoms with Crippen molar-refractivity contribution in [2.45, 2.75) is 26.1 Å². The molecule has 10 nitrogen and oxygen atoms in total. The average Bonchev–Trinajstić information content (AvgIpc) is 2.93. The number of ether oxygens (including phenoxy) is 2. The van der Waals surface area contributed by atoms with Gasteiger partial charge in [-0.3, -0.25) is 14.9 Å². The molecule has 0 fully saturated rings. The highest BCUT2D eigenvalue weighted by Gasteiger charge is 2.31. The topological polar surface area (TPSA) is 126 Å². The number of carbonyl (C=O) groups is 1. The van der Waals surface area contributed by atoms with Crippen LogP contribution in [-0.4, -0.2) is 39.5 Å². The van der Waals surface area contributed by atoms with E-state index in [1.165, 1.54) is 31.2 Å². The van der Waals surface area contributed by atoms with E-state index in [4.69, 9.17) is 21.1 Å². The molecule has 4 rings (SSSR count). The Hall–Kier alpha value is -4.78. The second kappa shape index (κ2) is 11.8. The van der Waals surface area contributed by atoms with Crippen LogP contribution < -0.4 is 10.3 Å². The van der Waals surface area contributed by atoms with Gasteiger partial charge in [-0.05, 0) is 44.2 Å². The molecule has 0 unspecified atom stereocenters. The summed E-state index contributed by atoms with van der Waals surface area (Å²) >= 11 is 6.09. The summed E-state index contributed by atoms with van der Waals surface area (Å²) in [5.41, 5.74) is -2.25. The molecule has 1 atom stereocenters. The fourth-order valence-corrected chi connectivity index (χ4v) is 4.04. The van der Waals surface area contributed by atoms with E-state index in [-0.39, 0.29) is 39.5 Å². The number of hydrogen-bond donors (Lipinski definition) is 0. The molecule has 0 N–H and O–H groups in total. The van der Waals surface area contributed by atoms with Crippen molar-refractivity contribution in [2.75, 3.05) is 6.61 Å². The van der Waals surface area contributed by atoms with Crippen molar-refractivity contribution in [1.29, 1.82) is 0 Å². The standard InChI is InChI=1S/C27H20ClF3N4O6/c1-3-40-26(37)15(2)41-23-17(12-19(28)13-22(23)35(38)39)14-32-34-24(16-7-6-8-18(11-16)27(29,30)31)33-21-10-5-4-9-20(21)25(34)36/h4-15H,3H2,1-2H3/t15-/m1/s1. The molecule has 0 saturated carbocycles. The first-order valence-electron chi connectivity index (χ1n) is 12.0. The molecule has 0 spiro atoms. The van der Waals surface area contributed by atoms with Gasteiger partial charge in [0.25, 0.3) is 5.56 Å². The molecular weight excluding hydrogens is 569 g/mol. The lowest BCUT2D eigenvalue weighted by molar-refractivity contribution is -0.386. The van der Waals surface area contributed by atoms with E-state index in [9.17, 15) is 32.9 Å². The summed E-state index contributed by atoms with van der Waals surface area (Å²) in [6.45, 7) is 2.94. The van der Waals surface area contributed by atoms with Crippen molar-refractivity contribution in [3.05, 3.63) is 97.3 Å². The number of alkyl halides is 3. The van der Waals surface area contributed by atoms with Crippen molar-refractivity contribution in [1.82, 2.24) is 9.66 Å². The summed E-state index contributed by atoms with van der Waals surface area (Å²) in [5.74, 6) is -1.41. The van der Waals surface area contributed by atoms with Gasteiger partial charge >= 0.3 is 17.8 Å². The van der Waals surface area contributed by atoms with Gasteiger partial charge in [0.15, 0.2) is 11.9 Å². The molecule has 14 heteroatoms. The highest BCUT2D eigenvalue weighted by molar-refractivity contribution is 6.31. The molecule has 0 amide bonds. The van der Waals surface area contributed by atoms with Gasteiger partial charge in [-0.1, -0.05) is 35.9 Å². The lowest BCUT2D eigenvalue weighted by Gasteiger charge is -2.15. The van der Waals surface area contributed by atoms with Crippen molar-refractivity contribution in [3.8, 4) is 17.1 Å². The Kier molecular flexibility index (Phi) is 8.38. The van der Waals surface area contributed by atoms with Crippen LogP contribution in [0, 0.1) is 10.1 Å². The minimum atomic E-state index is -4.66.